The number of ether oxygens (including phenoxy) is 3. The summed E-state index contributed by atoms with van der Waals surface area (Å²) in [7, 11) is 0. The number of phenolic OH excluding ortho intramolecular Hbond substituents is 2. The lowest BCUT2D eigenvalue weighted by Gasteiger charge is -2.31. The molecule has 38 heavy (non-hydrogen) atoms. The molecular formula is C28H33NO9. The number of hydrogen-bond donors (Lipinski definition) is 3. The van der Waals surface area contributed by atoms with E-state index in [9.17, 15) is 24.6 Å². The fourth-order valence-corrected chi connectivity index (χ4v) is 3.71. The second-order valence-electron chi connectivity index (χ2n) is 10.8. The lowest BCUT2D eigenvalue weighted by atomic mass is 10.1. The molecule has 0 aliphatic rings. The van der Waals surface area contributed by atoms with Crippen LogP contribution < -0.4 is 15.5 Å². The number of carbonyl (C=O) groups is 2. The quantitative estimate of drug-likeness (QED) is 0.302. The van der Waals surface area contributed by atoms with E-state index in [4.69, 9.17) is 18.6 Å². The standard InChI is InChI=1S/C28H33NO9/c1-15(37-27(2,3)4)22(25(33)38-28(5,6)7)29-26(34)36-20-14-19-21(24(32)23(20)31)17(30)13-18(35-19)16-11-9-8-10-12-16/h8-15,22,31-32H,1-7H3,(H,29,34)/t15-,22+/m1/s1. The highest BCUT2D eigenvalue weighted by Gasteiger charge is 2.35. The Morgan fingerprint density at radius 3 is 2.16 bits per heavy atom. The van der Waals surface area contributed by atoms with Crippen LogP contribution in [0, 0.1) is 0 Å². The molecule has 0 radical (unpaired) electrons. The zero-order valence-electron chi connectivity index (χ0n) is 22.4. The first kappa shape index (κ1) is 28.5. The van der Waals surface area contributed by atoms with Crippen molar-refractivity contribution in [3.8, 4) is 28.6 Å². The van der Waals surface area contributed by atoms with Gasteiger partial charge in [-0.1, -0.05) is 30.3 Å². The molecule has 204 valence electrons. The third-order valence-electron chi connectivity index (χ3n) is 5.14. The molecular weight excluding hydrogens is 494 g/mol. The Labute approximate surface area is 220 Å². The minimum atomic E-state index is -1.26. The summed E-state index contributed by atoms with van der Waals surface area (Å²) in [4.78, 5) is 38.4. The molecule has 10 nitrogen and oxygen atoms in total. The van der Waals surface area contributed by atoms with E-state index < -0.39 is 58.1 Å². The zero-order valence-corrected chi connectivity index (χ0v) is 22.4. The first-order valence-corrected chi connectivity index (χ1v) is 12.0. The van der Waals surface area contributed by atoms with Crippen LogP contribution in [0.25, 0.3) is 22.3 Å². The van der Waals surface area contributed by atoms with Crippen LogP contribution in [0.5, 0.6) is 17.2 Å². The molecule has 3 rings (SSSR count). The second-order valence-corrected chi connectivity index (χ2v) is 10.8. The molecule has 0 fully saturated rings. The largest absolute Gasteiger partial charge is 0.504 e. The van der Waals surface area contributed by atoms with Crippen LogP contribution in [0.4, 0.5) is 4.79 Å². The van der Waals surface area contributed by atoms with Crippen LogP contribution in [0.15, 0.2) is 51.7 Å². The Kier molecular flexibility index (Phi) is 8.06. The number of hydrogen-bond acceptors (Lipinski definition) is 9. The van der Waals surface area contributed by atoms with E-state index in [0.29, 0.717) is 5.56 Å². The van der Waals surface area contributed by atoms with Crippen LogP contribution in [0.1, 0.15) is 48.5 Å². The smallest absolute Gasteiger partial charge is 0.413 e. The maximum atomic E-state index is 12.9. The van der Waals surface area contributed by atoms with Crippen LogP contribution in [-0.4, -0.2) is 45.6 Å². The monoisotopic (exact) mass is 527 g/mol. The maximum absolute atomic E-state index is 12.9. The number of esters is 1. The number of benzene rings is 2. The Hall–Kier alpha value is -4.05. The molecule has 0 aliphatic heterocycles. The SMILES string of the molecule is C[C@@H](OC(C)(C)C)[C@H](NC(=O)Oc1cc2oc(-c3ccccc3)cc(=O)c2c(O)c1O)C(=O)OC(C)(C)C. The lowest BCUT2D eigenvalue weighted by Crippen LogP contribution is -2.53. The number of fused-ring (bicyclic) bond motifs is 1. The first-order chi connectivity index (χ1) is 17.6. The van der Waals surface area contributed by atoms with Crippen molar-refractivity contribution in [3.63, 3.8) is 0 Å². The highest BCUT2D eigenvalue weighted by Crippen LogP contribution is 2.41. The number of aromatic hydroxyl groups is 2. The summed E-state index contributed by atoms with van der Waals surface area (Å²) in [6.45, 7) is 12.0. The fraction of sp³-hybridized carbons (Fsp3) is 0.393. The Morgan fingerprint density at radius 1 is 0.947 bits per heavy atom. The van der Waals surface area contributed by atoms with Crippen LogP contribution in [0.2, 0.25) is 0 Å². The molecule has 0 saturated carbocycles. The number of rotatable bonds is 6. The minimum absolute atomic E-state index is 0.123. The van der Waals surface area contributed by atoms with Gasteiger partial charge in [0, 0.05) is 17.7 Å². The van der Waals surface area contributed by atoms with Crippen molar-refractivity contribution in [2.75, 3.05) is 0 Å². The van der Waals surface area contributed by atoms with Gasteiger partial charge in [0.15, 0.2) is 23.0 Å². The van der Waals surface area contributed by atoms with Crippen LogP contribution >= 0.6 is 0 Å². The average molecular weight is 528 g/mol. The van der Waals surface area contributed by atoms with Gasteiger partial charge in [-0.15, -0.1) is 0 Å². The number of amides is 1. The minimum Gasteiger partial charge on any atom is -0.504 e. The third-order valence-corrected chi connectivity index (χ3v) is 5.14. The van der Waals surface area contributed by atoms with Gasteiger partial charge >= 0.3 is 12.1 Å². The van der Waals surface area contributed by atoms with Gasteiger partial charge in [0.2, 0.25) is 5.75 Å². The predicted molar refractivity (Wildman–Crippen MR) is 140 cm³/mol. The lowest BCUT2D eigenvalue weighted by molar-refractivity contribution is -0.164. The molecule has 0 bridgehead atoms. The molecule has 2 aromatic carbocycles. The average Bonchev–Trinajstić information content (AvgIpc) is 2.78. The molecule has 2 atom stereocenters. The molecule has 10 heteroatoms. The predicted octanol–water partition coefficient (Wildman–Crippen LogP) is 4.87. The van der Waals surface area contributed by atoms with Crippen molar-refractivity contribution in [2.45, 2.75) is 71.8 Å². The topological polar surface area (TPSA) is 145 Å². The van der Waals surface area contributed by atoms with E-state index in [-0.39, 0.29) is 16.7 Å². The molecule has 3 aromatic rings. The van der Waals surface area contributed by atoms with Crippen molar-refractivity contribution < 1.29 is 38.4 Å². The van der Waals surface area contributed by atoms with Gasteiger partial charge in [-0.05, 0) is 48.5 Å². The first-order valence-electron chi connectivity index (χ1n) is 12.0. The van der Waals surface area contributed by atoms with Crippen LogP contribution in [-0.2, 0) is 14.3 Å². The van der Waals surface area contributed by atoms with E-state index in [0.717, 1.165) is 6.07 Å². The summed E-state index contributed by atoms with van der Waals surface area (Å²) in [6, 6.07) is 9.81. The zero-order chi connectivity index (χ0) is 28.4. The Bertz CT molecular complexity index is 1380. The molecule has 0 saturated heterocycles. The maximum Gasteiger partial charge on any atom is 0.413 e. The van der Waals surface area contributed by atoms with Crippen molar-refractivity contribution in [2.24, 2.45) is 0 Å². The van der Waals surface area contributed by atoms with Gasteiger partial charge < -0.3 is 34.2 Å². The summed E-state index contributed by atoms with van der Waals surface area (Å²) < 4.78 is 22.3. The molecule has 1 heterocycles. The summed E-state index contributed by atoms with van der Waals surface area (Å²) in [5.41, 5.74) is -1.59. The molecule has 0 spiro atoms. The van der Waals surface area contributed by atoms with Gasteiger partial charge in [0.1, 0.15) is 22.3 Å². The Morgan fingerprint density at radius 2 is 1.58 bits per heavy atom. The third kappa shape index (κ3) is 7.04. The van der Waals surface area contributed by atoms with E-state index in [1.54, 1.807) is 78.8 Å². The van der Waals surface area contributed by atoms with E-state index >= 15 is 0 Å². The number of carbonyl (C=O) groups excluding carboxylic acids is 2. The fourth-order valence-electron chi connectivity index (χ4n) is 3.71. The highest BCUT2D eigenvalue weighted by molar-refractivity contribution is 5.90. The molecule has 1 aromatic heterocycles. The van der Waals surface area contributed by atoms with Crippen molar-refractivity contribution in [1.82, 2.24) is 5.32 Å². The molecule has 3 N–H and O–H groups in total. The number of nitrogens with one attached hydrogen (secondary N) is 1. The van der Waals surface area contributed by atoms with Crippen molar-refractivity contribution >= 4 is 23.0 Å². The van der Waals surface area contributed by atoms with Gasteiger partial charge in [-0.3, -0.25) is 4.79 Å². The summed E-state index contributed by atoms with van der Waals surface area (Å²) >= 11 is 0. The van der Waals surface area contributed by atoms with Gasteiger partial charge in [0.25, 0.3) is 0 Å². The van der Waals surface area contributed by atoms with Crippen LogP contribution in [0.3, 0.4) is 0 Å². The summed E-state index contributed by atoms with van der Waals surface area (Å²) in [5, 5.41) is 23.1. The highest BCUT2D eigenvalue weighted by atomic mass is 16.6. The number of phenols is 2. The van der Waals surface area contributed by atoms with Gasteiger partial charge in [-0.25, -0.2) is 9.59 Å². The second kappa shape index (κ2) is 10.7. The van der Waals surface area contributed by atoms with E-state index in [1.165, 1.54) is 6.07 Å². The van der Waals surface area contributed by atoms with Crippen molar-refractivity contribution in [3.05, 3.63) is 52.7 Å². The van der Waals surface area contributed by atoms with E-state index in [2.05, 4.69) is 5.32 Å². The summed E-state index contributed by atoms with van der Waals surface area (Å²) in [5.74, 6) is -2.70. The Balaban J connectivity index is 1.94. The van der Waals surface area contributed by atoms with Gasteiger partial charge in [0.05, 0.1) is 11.7 Å². The van der Waals surface area contributed by atoms with E-state index in [1.807, 2.05) is 0 Å². The van der Waals surface area contributed by atoms with Gasteiger partial charge in [-0.2, -0.15) is 0 Å². The molecule has 0 aliphatic carbocycles. The van der Waals surface area contributed by atoms with Crippen molar-refractivity contribution in [1.29, 1.82) is 0 Å². The molecule has 0 unspecified atom stereocenters. The normalized spacial score (nSPS) is 13.6. The molecule has 1 amide bonds. The summed E-state index contributed by atoms with van der Waals surface area (Å²) in [6.07, 6.45) is -1.96.